The van der Waals surface area contributed by atoms with Gasteiger partial charge in [0.2, 0.25) is 5.91 Å². The maximum absolute atomic E-state index is 11.8. The van der Waals surface area contributed by atoms with Crippen LogP contribution in [-0.4, -0.2) is 23.1 Å². The van der Waals surface area contributed by atoms with Crippen LogP contribution in [0.15, 0.2) is 30.3 Å². The van der Waals surface area contributed by atoms with Crippen molar-refractivity contribution in [3.8, 4) is 0 Å². The number of amides is 1. The highest BCUT2D eigenvalue weighted by Crippen LogP contribution is 2.13. The second-order valence-electron chi connectivity index (χ2n) is 5.21. The molecule has 0 aliphatic carbocycles. The molecule has 4 nitrogen and oxygen atoms in total. The standard InChI is InChI=1S/C14H20N2O2S/c1-14(2,3)18-9-11(17)16-12(13(15)19)10-7-5-4-6-8-10/h4-8,12H,9H2,1-3H3,(H2,15,19)(H,16,17). The number of carbonyl (C=O) groups is 1. The van der Waals surface area contributed by atoms with Crippen molar-refractivity contribution >= 4 is 23.1 Å². The van der Waals surface area contributed by atoms with Gasteiger partial charge in [0.25, 0.3) is 0 Å². The SMILES string of the molecule is CC(C)(C)OCC(=O)NC(C(N)=S)c1ccccc1. The number of hydrogen-bond donors (Lipinski definition) is 2. The first-order valence-electron chi connectivity index (χ1n) is 6.07. The Balaban J connectivity index is 2.65. The van der Waals surface area contributed by atoms with E-state index in [-0.39, 0.29) is 23.1 Å². The number of hydrogen-bond acceptors (Lipinski definition) is 3. The van der Waals surface area contributed by atoms with E-state index in [0.717, 1.165) is 5.56 Å². The van der Waals surface area contributed by atoms with Gasteiger partial charge in [-0.15, -0.1) is 0 Å². The van der Waals surface area contributed by atoms with Crippen LogP contribution < -0.4 is 11.1 Å². The Kier molecular flexibility index (Phi) is 5.44. The van der Waals surface area contributed by atoms with Crippen LogP contribution in [0.3, 0.4) is 0 Å². The summed E-state index contributed by atoms with van der Waals surface area (Å²) in [5.74, 6) is -0.239. The summed E-state index contributed by atoms with van der Waals surface area (Å²) in [5.41, 5.74) is 6.18. The number of nitrogens with two attached hydrogens (primary N) is 1. The molecule has 1 aromatic rings. The molecule has 5 heteroatoms. The molecule has 1 rings (SSSR count). The predicted octanol–water partition coefficient (Wildman–Crippen LogP) is 1.95. The van der Waals surface area contributed by atoms with Crippen LogP contribution in [0, 0.1) is 0 Å². The van der Waals surface area contributed by atoms with Crippen LogP contribution in [-0.2, 0) is 9.53 Å². The van der Waals surface area contributed by atoms with E-state index in [4.69, 9.17) is 22.7 Å². The zero-order chi connectivity index (χ0) is 14.5. The van der Waals surface area contributed by atoms with Crippen LogP contribution >= 0.6 is 12.2 Å². The van der Waals surface area contributed by atoms with E-state index in [1.807, 2.05) is 51.1 Å². The van der Waals surface area contributed by atoms with Gasteiger partial charge in [0, 0.05) is 0 Å². The van der Waals surface area contributed by atoms with Gasteiger partial charge in [-0.3, -0.25) is 4.79 Å². The molecule has 104 valence electrons. The lowest BCUT2D eigenvalue weighted by molar-refractivity contribution is -0.130. The number of benzene rings is 1. The first-order chi connectivity index (χ1) is 8.79. The molecule has 0 aromatic heterocycles. The maximum atomic E-state index is 11.8. The monoisotopic (exact) mass is 280 g/mol. The third-order valence-electron chi connectivity index (χ3n) is 2.36. The van der Waals surface area contributed by atoms with Gasteiger partial charge in [0.1, 0.15) is 17.6 Å². The highest BCUT2D eigenvalue weighted by molar-refractivity contribution is 7.80. The van der Waals surface area contributed by atoms with Gasteiger partial charge in [-0.25, -0.2) is 0 Å². The second kappa shape index (κ2) is 6.63. The average Bonchev–Trinajstić information content (AvgIpc) is 2.33. The average molecular weight is 280 g/mol. The first-order valence-corrected chi connectivity index (χ1v) is 6.48. The van der Waals surface area contributed by atoms with Crippen LogP contribution in [0.1, 0.15) is 32.4 Å². The summed E-state index contributed by atoms with van der Waals surface area (Å²) in [6.07, 6.45) is 0. The molecule has 0 saturated heterocycles. The Morgan fingerprint density at radius 3 is 2.42 bits per heavy atom. The lowest BCUT2D eigenvalue weighted by Gasteiger charge is -2.21. The quantitative estimate of drug-likeness (QED) is 0.809. The van der Waals surface area contributed by atoms with Gasteiger partial charge in [-0.1, -0.05) is 42.5 Å². The minimum absolute atomic E-state index is 0.0184. The molecule has 0 aliphatic rings. The molecule has 19 heavy (non-hydrogen) atoms. The Hall–Kier alpha value is -1.46. The fourth-order valence-corrected chi connectivity index (χ4v) is 1.64. The topological polar surface area (TPSA) is 64.3 Å². The molecule has 0 radical (unpaired) electrons. The van der Waals surface area contributed by atoms with Gasteiger partial charge in [-0.2, -0.15) is 0 Å². The van der Waals surface area contributed by atoms with Crippen molar-refractivity contribution in [3.05, 3.63) is 35.9 Å². The van der Waals surface area contributed by atoms with Crippen molar-refractivity contribution in [2.24, 2.45) is 5.73 Å². The molecule has 0 heterocycles. The van der Waals surface area contributed by atoms with Crippen molar-refractivity contribution < 1.29 is 9.53 Å². The summed E-state index contributed by atoms with van der Waals surface area (Å²) in [4.78, 5) is 12.1. The molecular formula is C14H20N2O2S. The predicted molar refractivity (Wildman–Crippen MR) is 79.8 cm³/mol. The third-order valence-corrected chi connectivity index (χ3v) is 2.59. The smallest absolute Gasteiger partial charge is 0.246 e. The largest absolute Gasteiger partial charge is 0.391 e. The van der Waals surface area contributed by atoms with E-state index in [0.29, 0.717) is 0 Å². The normalized spacial score (nSPS) is 12.8. The summed E-state index contributed by atoms with van der Waals surface area (Å²) in [7, 11) is 0. The molecule has 1 atom stereocenters. The minimum Gasteiger partial charge on any atom is -0.391 e. The van der Waals surface area contributed by atoms with Gasteiger partial charge >= 0.3 is 0 Å². The lowest BCUT2D eigenvalue weighted by atomic mass is 10.1. The highest BCUT2D eigenvalue weighted by Gasteiger charge is 2.19. The molecule has 0 spiro atoms. The Labute approximate surface area is 119 Å². The van der Waals surface area contributed by atoms with E-state index >= 15 is 0 Å². The van der Waals surface area contributed by atoms with Crippen molar-refractivity contribution in [3.63, 3.8) is 0 Å². The molecule has 1 aromatic carbocycles. The summed E-state index contributed by atoms with van der Waals surface area (Å²) in [6.45, 7) is 5.66. The maximum Gasteiger partial charge on any atom is 0.246 e. The Bertz CT molecular complexity index is 441. The van der Waals surface area contributed by atoms with Gasteiger partial charge in [-0.05, 0) is 26.3 Å². The van der Waals surface area contributed by atoms with Crippen molar-refractivity contribution in [1.82, 2.24) is 5.32 Å². The third kappa shape index (κ3) is 5.81. The number of rotatable bonds is 5. The Morgan fingerprint density at radius 1 is 1.37 bits per heavy atom. The molecule has 0 aliphatic heterocycles. The van der Waals surface area contributed by atoms with Crippen molar-refractivity contribution in [2.75, 3.05) is 6.61 Å². The summed E-state index contributed by atoms with van der Waals surface area (Å²) >= 11 is 5.00. The zero-order valence-electron chi connectivity index (χ0n) is 11.5. The zero-order valence-corrected chi connectivity index (χ0v) is 12.3. The van der Waals surface area contributed by atoms with E-state index in [2.05, 4.69) is 5.32 Å². The van der Waals surface area contributed by atoms with Crippen molar-refractivity contribution in [2.45, 2.75) is 32.4 Å². The van der Waals surface area contributed by atoms with E-state index in [9.17, 15) is 4.79 Å². The first kappa shape index (κ1) is 15.6. The molecule has 0 fully saturated rings. The summed E-state index contributed by atoms with van der Waals surface area (Å²) in [6, 6.07) is 8.91. The number of thiocarbonyl (C=S) groups is 1. The van der Waals surface area contributed by atoms with E-state index < -0.39 is 6.04 Å². The number of carbonyl (C=O) groups excluding carboxylic acids is 1. The van der Waals surface area contributed by atoms with E-state index in [1.54, 1.807) is 0 Å². The van der Waals surface area contributed by atoms with Gasteiger partial charge in [0.15, 0.2) is 0 Å². The highest BCUT2D eigenvalue weighted by atomic mass is 32.1. The molecule has 1 unspecified atom stereocenters. The summed E-state index contributed by atoms with van der Waals surface area (Å²) in [5, 5.41) is 2.78. The van der Waals surface area contributed by atoms with Crippen LogP contribution in [0.4, 0.5) is 0 Å². The molecule has 0 saturated carbocycles. The molecule has 0 bridgehead atoms. The fraction of sp³-hybridized carbons (Fsp3) is 0.429. The fourth-order valence-electron chi connectivity index (χ4n) is 1.45. The molecule has 3 N–H and O–H groups in total. The summed E-state index contributed by atoms with van der Waals surface area (Å²) < 4.78 is 5.41. The molecular weight excluding hydrogens is 260 g/mol. The number of ether oxygens (including phenoxy) is 1. The number of nitrogens with one attached hydrogen (secondary N) is 1. The van der Waals surface area contributed by atoms with Crippen LogP contribution in [0.5, 0.6) is 0 Å². The minimum atomic E-state index is -0.465. The van der Waals surface area contributed by atoms with Crippen LogP contribution in [0.2, 0.25) is 0 Å². The van der Waals surface area contributed by atoms with Crippen molar-refractivity contribution in [1.29, 1.82) is 0 Å². The van der Waals surface area contributed by atoms with Crippen LogP contribution in [0.25, 0.3) is 0 Å². The van der Waals surface area contributed by atoms with Gasteiger partial charge < -0.3 is 15.8 Å². The second-order valence-corrected chi connectivity index (χ2v) is 5.69. The Morgan fingerprint density at radius 2 is 1.95 bits per heavy atom. The van der Waals surface area contributed by atoms with Gasteiger partial charge in [0.05, 0.1) is 5.60 Å². The van der Waals surface area contributed by atoms with E-state index in [1.165, 1.54) is 0 Å². The molecule has 1 amide bonds. The lowest BCUT2D eigenvalue weighted by Crippen LogP contribution is -2.39.